The third-order valence-electron chi connectivity index (χ3n) is 4.62. The molecule has 0 aromatic heterocycles. The van der Waals surface area contributed by atoms with Crippen LogP contribution in [0.2, 0.25) is 0 Å². The zero-order valence-electron chi connectivity index (χ0n) is 14.8. The predicted octanol–water partition coefficient (Wildman–Crippen LogP) is 4.30. The lowest BCUT2D eigenvalue weighted by Crippen LogP contribution is -2.32. The summed E-state index contributed by atoms with van der Waals surface area (Å²) in [7, 11) is 0. The fraction of sp³-hybridized carbons (Fsp3) is 0.200. The van der Waals surface area contributed by atoms with Gasteiger partial charge in [-0.05, 0) is 23.3 Å². The molecule has 0 N–H and O–H groups in total. The van der Waals surface area contributed by atoms with Gasteiger partial charge < -0.3 is 0 Å². The van der Waals surface area contributed by atoms with Crippen LogP contribution in [-0.4, -0.2) is 54.9 Å². The maximum absolute atomic E-state index is 13.1. The van der Waals surface area contributed by atoms with Crippen LogP contribution in [0, 0.1) is 0 Å². The molecule has 2 saturated heterocycles. The van der Waals surface area contributed by atoms with E-state index in [4.69, 9.17) is 24.4 Å². The fourth-order valence-corrected chi connectivity index (χ4v) is 5.66. The molecule has 0 radical (unpaired) electrons. The highest BCUT2D eigenvalue weighted by molar-refractivity contribution is 8.23. The van der Waals surface area contributed by atoms with E-state index in [2.05, 4.69) is 0 Å². The molecule has 2 amide bonds. The summed E-state index contributed by atoms with van der Waals surface area (Å²) in [4.78, 5) is 29.6. The van der Waals surface area contributed by atoms with Gasteiger partial charge in [0, 0.05) is 35.7 Å². The zero-order valence-corrected chi connectivity index (χ0v) is 18.1. The van der Waals surface area contributed by atoms with Crippen molar-refractivity contribution in [1.82, 2.24) is 9.80 Å². The summed E-state index contributed by atoms with van der Waals surface area (Å²) >= 11 is 13.7. The standard InChI is InChI=1S/C20H16N2O2S4/c23-17(21-9-11-27-19(21)25)15-7-3-1-5-13(15)14-6-2-4-8-16(14)18(24)22-10-12-28-20(22)26/h1-8H,9-12H2. The van der Waals surface area contributed by atoms with Gasteiger partial charge in [0.25, 0.3) is 11.8 Å². The monoisotopic (exact) mass is 444 g/mol. The molecule has 0 aliphatic carbocycles. The number of hydrogen-bond acceptors (Lipinski definition) is 6. The highest BCUT2D eigenvalue weighted by atomic mass is 32.2. The summed E-state index contributed by atoms with van der Waals surface area (Å²) in [5, 5.41) is 0. The van der Waals surface area contributed by atoms with Gasteiger partial charge in [-0.2, -0.15) is 0 Å². The molecule has 2 heterocycles. The van der Waals surface area contributed by atoms with Gasteiger partial charge in [-0.1, -0.05) is 84.4 Å². The first-order chi connectivity index (χ1) is 13.6. The van der Waals surface area contributed by atoms with Crippen LogP contribution in [0.3, 0.4) is 0 Å². The maximum atomic E-state index is 13.1. The van der Waals surface area contributed by atoms with Crippen LogP contribution in [0.15, 0.2) is 48.5 Å². The molecule has 2 aromatic carbocycles. The minimum Gasteiger partial charge on any atom is -0.293 e. The van der Waals surface area contributed by atoms with E-state index < -0.39 is 0 Å². The summed E-state index contributed by atoms with van der Waals surface area (Å²) in [5.41, 5.74) is 2.56. The van der Waals surface area contributed by atoms with E-state index in [1.54, 1.807) is 21.9 Å². The Kier molecular flexibility index (Phi) is 5.82. The molecule has 2 aromatic rings. The molecule has 4 nitrogen and oxygen atoms in total. The minimum absolute atomic E-state index is 0.125. The molecular weight excluding hydrogens is 429 g/mol. The lowest BCUT2D eigenvalue weighted by Gasteiger charge is -2.20. The summed E-state index contributed by atoms with van der Waals surface area (Å²) in [5.74, 6) is 1.37. The Hall–Kier alpha value is -1.74. The number of carbonyl (C=O) groups is 2. The van der Waals surface area contributed by atoms with Gasteiger partial charge in [0.05, 0.1) is 0 Å². The van der Waals surface area contributed by atoms with Crippen molar-refractivity contribution in [2.75, 3.05) is 24.6 Å². The smallest absolute Gasteiger partial charge is 0.259 e. The quantitative estimate of drug-likeness (QED) is 0.658. The number of amides is 2. The molecular formula is C20H16N2O2S4. The summed E-state index contributed by atoms with van der Waals surface area (Å²) in [6.45, 7) is 1.22. The van der Waals surface area contributed by atoms with Crippen molar-refractivity contribution in [2.45, 2.75) is 0 Å². The van der Waals surface area contributed by atoms with Crippen molar-refractivity contribution in [2.24, 2.45) is 0 Å². The van der Waals surface area contributed by atoms with E-state index in [-0.39, 0.29) is 11.8 Å². The molecule has 2 aliphatic heterocycles. The van der Waals surface area contributed by atoms with E-state index in [1.165, 1.54) is 23.5 Å². The molecule has 0 spiro atoms. The van der Waals surface area contributed by atoms with Crippen LogP contribution >= 0.6 is 48.0 Å². The van der Waals surface area contributed by atoms with E-state index in [1.807, 2.05) is 36.4 Å². The third kappa shape index (κ3) is 3.61. The third-order valence-corrected chi connectivity index (χ3v) is 7.47. The molecule has 2 fully saturated rings. The summed E-state index contributed by atoms with van der Waals surface area (Å²) in [6.07, 6.45) is 0. The molecule has 0 unspecified atom stereocenters. The largest absolute Gasteiger partial charge is 0.293 e. The predicted molar refractivity (Wildman–Crippen MR) is 124 cm³/mol. The van der Waals surface area contributed by atoms with Crippen LogP contribution in [0.4, 0.5) is 0 Å². The minimum atomic E-state index is -0.125. The number of rotatable bonds is 3. The van der Waals surface area contributed by atoms with Gasteiger partial charge in [0.2, 0.25) is 0 Å². The number of thiocarbonyl (C=S) groups is 2. The van der Waals surface area contributed by atoms with Crippen LogP contribution in [0.25, 0.3) is 11.1 Å². The average Bonchev–Trinajstić information content (AvgIpc) is 3.35. The molecule has 2 aliphatic rings. The lowest BCUT2D eigenvalue weighted by molar-refractivity contribution is 0.0852. The summed E-state index contributed by atoms with van der Waals surface area (Å²) in [6, 6.07) is 14.8. The first-order valence-electron chi connectivity index (χ1n) is 8.73. The van der Waals surface area contributed by atoms with Crippen LogP contribution in [-0.2, 0) is 0 Å². The normalized spacial score (nSPS) is 16.7. The van der Waals surface area contributed by atoms with E-state index >= 15 is 0 Å². The van der Waals surface area contributed by atoms with Crippen molar-refractivity contribution < 1.29 is 9.59 Å². The van der Waals surface area contributed by atoms with Crippen LogP contribution in [0.1, 0.15) is 20.7 Å². The second kappa shape index (κ2) is 8.32. The Morgan fingerprint density at radius 3 is 1.46 bits per heavy atom. The molecule has 8 heteroatoms. The molecule has 0 bridgehead atoms. The first-order valence-corrected chi connectivity index (χ1v) is 11.5. The van der Waals surface area contributed by atoms with Gasteiger partial charge >= 0.3 is 0 Å². The van der Waals surface area contributed by atoms with Gasteiger partial charge in [0.1, 0.15) is 8.64 Å². The fourth-order valence-electron chi connectivity index (χ4n) is 3.26. The SMILES string of the molecule is O=C(c1ccccc1-c1ccccc1C(=O)N1CCSC1=S)N1CCSC1=S. The Labute approximate surface area is 182 Å². The Morgan fingerprint density at radius 1 is 0.714 bits per heavy atom. The van der Waals surface area contributed by atoms with Crippen LogP contribution in [0.5, 0.6) is 0 Å². The molecule has 0 atom stereocenters. The van der Waals surface area contributed by atoms with Crippen molar-refractivity contribution in [3.05, 3.63) is 59.7 Å². The van der Waals surface area contributed by atoms with Gasteiger partial charge in [-0.15, -0.1) is 0 Å². The molecule has 142 valence electrons. The maximum Gasteiger partial charge on any atom is 0.259 e. The number of benzene rings is 2. The highest BCUT2D eigenvalue weighted by Gasteiger charge is 2.30. The Bertz CT molecular complexity index is 912. The van der Waals surface area contributed by atoms with E-state index in [0.717, 1.165) is 22.6 Å². The van der Waals surface area contributed by atoms with E-state index in [9.17, 15) is 9.59 Å². The second-order valence-electron chi connectivity index (χ2n) is 6.23. The lowest BCUT2D eigenvalue weighted by atomic mass is 9.94. The number of carbonyl (C=O) groups excluding carboxylic acids is 2. The number of hydrogen-bond donors (Lipinski definition) is 0. The molecule has 0 saturated carbocycles. The van der Waals surface area contributed by atoms with Crippen LogP contribution < -0.4 is 0 Å². The zero-order chi connectivity index (χ0) is 19.7. The Morgan fingerprint density at radius 2 is 1.11 bits per heavy atom. The highest BCUT2D eigenvalue weighted by Crippen LogP contribution is 2.32. The average molecular weight is 445 g/mol. The van der Waals surface area contributed by atoms with Gasteiger partial charge in [-0.25, -0.2) is 0 Å². The van der Waals surface area contributed by atoms with Crippen molar-refractivity contribution in [1.29, 1.82) is 0 Å². The van der Waals surface area contributed by atoms with Crippen molar-refractivity contribution in [3.63, 3.8) is 0 Å². The number of nitrogens with zero attached hydrogens (tertiary/aromatic N) is 2. The van der Waals surface area contributed by atoms with Gasteiger partial charge in [0.15, 0.2) is 0 Å². The first kappa shape index (κ1) is 19.6. The van der Waals surface area contributed by atoms with E-state index in [0.29, 0.717) is 32.9 Å². The second-order valence-corrected chi connectivity index (χ2v) is 9.69. The molecule has 28 heavy (non-hydrogen) atoms. The summed E-state index contributed by atoms with van der Waals surface area (Å²) < 4.78 is 1.20. The number of thioether (sulfide) groups is 2. The van der Waals surface area contributed by atoms with Crippen molar-refractivity contribution in [3.8, 4) is 11.1 Å². The topological polar surface area (TPSA) is 40.6 Å². The van der Waals surface area contributed by atoms with Gasteiger partial charge in [-0.3, -0.25) is 19.4 Å². The Balaban J connectivity index is 1.77. The molecule has 4 rings (SSSR count). The van der Waals surface area contributed by atoms with Crippen molar-refractivity contribution >= 4 is 68.4 Å².